The van der Waals surface area contributed by atoms with Gasteiger partial charge in [-0.2, -0.15) is 0 Å². The molecule has 0 radical (unpaired) electrons. The summed E-state index contributed by atoms with van der Waals surface area (Å²) in [5, 5.41) is 3.18. The van der Waals surface area contributed by atoms with Crippen LogP contribution in [0.5, 0.6) is 0 Å². The normalized spacial score (nSPS) is 11.7. The lowest BCUT2D eigenvalue weighted by Crippen LogP contribution is -2.45. The van der Waals surface area contributed by atoms with E-state index in [9.17, 15) is 9.59 Å². The minimum Gasteiger partial charge on any atom is -0.368 e. The third-order valence-corrected chi connectivity index (χ3v) is 3.44. The first-order valence-electron chi connectivity index (χ1n) is 6.46. The summed E-state index contributed by atoms with van der Waals surface area (Å²) >= 11 is 6.06. The molecule has 2 aromatic carbocycles. The van der Waals surface area contributed by atoms with Crippen LogP contribution in [0.2, 0.25) is 5.02 Å². The van der Waals surface area contributed by atoms with Gasteiger partial charge in [-0.3, -0.25) is 9.59 Å². The molecular weight excluding hydrogens is 288 g/mol. The molecule has 0 unspecified atom stereocenters. The Hall–Kier alpha value is -2.33. The van der Waals surface area contributed by atoms with Gasteiger partial charge in [-0.15, -0.1) is 0 Å². The molecule has 0 fully saturated rings. The van der Waals surface area contributed by atoms with Crippen LogP contribution in [0.1, 0.15) is 15.9 Å². The van der Waals surface area contributed by atoms with Crippen molar-refractivity contribution in [3.8, 4) is 0 Å². The molecule has 1 atom stereocenters. The van der Waals surface area contributed by atoms with Crippen LogP contribution in [0.15, 0.2) is 54.6 Å². The number of benzene rings is 2. The molecule has 0 aliphatic rings. The maximum absolute atomic E-state index is 12.1. The van der Waals surface area contributed by atoms with E-state index in [0.29, 0.717) is 10.6 Å². The van der Waals surface area contributed by atoms with Crippen LogP contribution < -0.4 is 11.1 Å². The van der Waals surface area contributed by atoms with Crippen LogP contribution in [0.3, 0.4) is 0 Å². The predicted octanol–water partition coefficient (Wildman–Crippen LogP) is 2.17. The summed E-state index contributed by atoms with van der Waals surface area (Å²) in [7, 11) is 0. The molecule has 0 aliphatic carbocycles. The fourth-order valence-electron chi connectivity index (χ4n) is 1.94. The van der Waals surface area contributed by atoms with Crippen LogP contribution in [-0.2, 0) is 11.2 Å². The van der Waals surface area contributed by atoms with Crippen molar-refractivity contribution < 1.29 is 9.59 Å². The Labute approximate surface area is 127 Å². The van der Waals surface area contributed by atoms with Crippen molar-refractivity contribution in [3.05, 3.63) is 70.7 Å². The quantitative estimate of drug-likeness (QED) is 0.888. The molecule has 0 heterocycles. The Morgan fingerprint density at radius 3 is 2.29 bits per heavy atom. The van der Waals surface area contributed by atoms with Gasteiger partial charge in [0.15, 0.2) is 0 Å². The lowest BCUT2D eigenvalue weighted by Gasteiger charge is -2.16. The van der Waals surface area contributed by atoms with Gasteiger partial charge in [-0.25, -0.2) is 0 Å². The van der Waals surface area contributed by atoms with E-state index in [4.69, 9.17) is 17.3 Å². The van der Waals surface area contributed by atoms with E-state index in [2.05, 4.69) is 5.32 Å². The highest BCUT2D eigenvalue weighted by atomic mass is 35.5. The van der Waals surface area contributed by atoms with Crippen molar-refractivity contribution in [2.75, 3.05) is 0 Å². The molecule has 2 aromatic rings. The number of rotatable bonds is 5. The topological polar surface area (TPSA) is 72.2 Å². The first kappa shape index (κ1) is 15.1. The molecule has 2 amide bonds. The Morgan fingerprint density at radius 1 is 1.05 bits per heavy atom. The predicted molar refractivity (Wildman–Crippen MR) is 82.0 cm³/mol. The summed E-state index contributed by atoms with van der Waals surface area (Å²) in [6.45, 7) is 0. The molecule has 0 spiro atoms. The highest BCUT2D eigenvalue weighted by Crippen LogP contribution is 2.16. The zero-order chi connectivity index (χ0) is 15.2. The first-order valence-corrected chi connectivity index (χ1v) is 6.84. The molecule has 2 rings (SSSR count). The van der Waals surface area contributed by atoms with Crippen molar-refractivity contribution in [2.45, 2.75) is 12.5 Å². The summed E-state index contributed by atoms with van der Waals surface area (Å²) in [6.07, 6.45) is 0.258. The SMILES string of the molecule is NC(=O)[C@H](Cc1ccccc1Cl)NC(=O)c1ccccc1. The second-order valence-electron chi connectivity index (χ2n) is 4.59. The molecule has 0 saturated heterocycles. The van der Waals surface area contributed by atoms with Crippen LogP contribution in [0.4, 0.5) is 0 Å². The molecule has 0 aromatic heterocycles. The maximum Gasteiger partial charge on any atom is 0.251 e. The molecule has 5 heteroatoms. The zero-order valence-corrected chi connectivity index (χ0v) is 12.0. The average molecular weight is 303 g/mol. The van der Waals surface area contributed by atoms with E-state index in [0.717, 1.165) is 5.56 Å². The van der Waals surface area contributed by atoms with Crippen LogP contribution in [-0.4, -0.2) is 17.9 Å². The molecule has 21 heavy (non-hydrogen) atoms. The van der Waals surface area contributed by atoms with Gasteiger partial charge in [-0.1, -0.05) is 48.0 Å². The standard InChI is InChI=1S/C16H15ClN2O2/c17-13-9-5-4-8-12(13)10-14(15(18)20)19-16(21)11-6-2-1-3-7-11/h1-9,14H,10H2,(H2,18,20)(H,19,21)/t14-/m0/s1. The highest BCUT2D eigenvalue weighted by Gasteiger charge is 2.20. The van der Waals surface area contributed by atoms with Gasteiger partial charge in [0.2, 0.25) is 5.91 Å². The fourth-order valence-corrected chi connectivity index (χ4v) is 2.15. The molecule has 3 N–H and O–H groups in total. The number of hydrogen-bond acceptors (Lipinski definition) is 2. The summed E-state index contributed by atoms with van der Waals surface area (Å²) < 4.78 is 0. The number of carbonyl (C=O) groups excluding carboxylic acids is 2. The summed E-state index contributed by atoms with van der Waals surface area (Å²) in [4.78, 5) is 23.6. The Balaban J connectivity index is 2.12. The second kappa shape index (κ2) is 6.90. The molecular formula is C16H15ClN2O2. The van der Waals surface area contributed by atoms with Gasteiger partial charge >= 0.3 is 0 Å². The Bertz CT molecular complexity index is 644. The van der Waals surface area contributed by atoms with E-state index >= 15 is 0 Å². The van der Waals surface area contributed by atoms with E-state index in [1.165, 1.54) is 0 Å². The number of nitrogens with two attached hydrogens (primary N) is 1. The molecule has 4 nitrogen and oxygen atoms in total. The smallest absolute Gasteiger partial charge is 0.251 e. The Morgan fingerprint density at radius 2 is 1.67 bits per heavy atom. The monoisotopic (exact) mass is 302 g/mol. The van der Waals surface area contributed by atoms with Crippen molar-refractivity contribution in [1.82, 2.24) is 5.32 Å². The minimum absolute atomic E-state index is 0.258. The number of carbonyl (C=O) groups is 2. The lowest BCUT2D eigenvalue weighted by molar-refractivity contribution is -0.119. The molecule has 0 aliphatic heterocycles. The van der Waals surface area contributed by atoms with Crippen molar-refractivity contribution in [2.24, 2.45) is 5.73 Å². The minimum atomic E-state index is -0.808. The largest absolute Gasteiger partial charge is 0.368 e. The van der Waals surface area contributed by atoms with Crippen molar-refractivity contribution in [1.29, 1.82) is 0 Å². The van der Waals surface area contributed by atoms with Gasteiger partial charge in [0.25, 0.3) is 5.91 Å². The Kier molecular flexibility index (Phi) is 4.95. The van der Waals surface area contributed by atoms with E-state index in [-0.39, 0.29) is 12.3 Å². The number of amides is 2. The third-order valence-electron chi connectivity index (χ3n) is 3.07. The van der Waals surface area contributed by atoms with Crippen LogP contribution in [0.25, 0.3) is 0 Å². The molecule has 0 saturated carbocycles. The van der Waals surface area contributed by atoms with Crippen LogP contribution >= 0.6 is 11.6 Å². The number of hydrogen-bond donors (Lipinski definition) is 2. The fraction of sp³-hybridized carbons (Fsp3) is 0.125. The van der Waals surface area contributed by atoms with Gasteiger partial charge < -0.3 is 11.1 Å². The summed E-state index contributed by atoms with van der Waals surface area (Å²) in [6, 6.07) is 15.0. The van der Waals surface area contributed by atoms with E-state index < -0.39 is 11.9 Å². The molecule has 108 valence electrons. The van der Waals surface area contributed by atoms with E-state index in [1.807, 2.05) is 12.1 Å². The summed E-state index contributed by atoms with van der Waals surface area (Å²) in [5.74, 6) is -0.939. The van der Waals surface area contributed by atoms with Gasteiger partial charge in [0.05, 0.1) is 0 Å². The first-order chi connectivity index (χ1) is 10.1. The van der Waals surface area contributed by atoms with Crippen molar-refractivity contribution >= 4 is 23.4 Å². The third kappa shape index (κ3) is 4.07. The zero-order valence-electron chi connectivity index (χ0n) is 11.3. The number of halogens is 1. The van der Waals surface area contributed by atoms with Gasteiger partial charge in [-0.05, 0) is 23.8 Å². The van der Waals surface area contributed by atoms with Gasteiger partial charge in [0, 0.05) is 17.0 Å². The lowest BCUT2D eigenvalue weighted by atomic mass is 10.0. The van der Waals surface area contributed by atoms with E-state index in [1.54, 1.807) is 42.5 Å². The van der Waals surface area contributed by atoms with Crippen molar-refractivity contribution in [3.63, 3.8) is 0 Å². The second-order valence-corrected chi connectivity index (χ2v) is 5.00. The molecule has 0 bridgehead atoms. The summed E-state index contributed by atoms with van der Waals surface area (Å²) in [5.41, 5.74) is 6.60. The number of nitrogens with one attached hydrogen (secondary N) is 1. The van der Waals surface area contributed by atoms with Gasteiger partial charge in [0.1, 0.15) is 6.04 Å². The van der Waals surface area contributed by atoms with Crippen LogP contribution in [0, 0.1) is 0 Å². The highest BCUT2D eigenvalue weighted by molar-refractivity contribution is 6.31. The number of primary amides is 1. The maximum atomic E-state index is 12.1. The average Bonchev–Trinajstić information content (AvgIpc) is 2.49.